The molecule has 0 fully saturated rings. The molecule has 0 aromatic rings. The average molecular weight is 314 g/mol. The van der Waals surface area contributed by atoms with Gasteiger partial charge in [-0.1, -0.05) is 45.1 Å². The van der Waals surface area contributed by atoms with Crippen molar-refractivity contribution in [2.45, 2.75) is 64.9 Å². The Hall–Kier alpha value is -1.36. The van der Waals surface area contributed by atoms with Crippen LogP contribution >= 0.6 is 0 Å². The lowest BCUT2D eigenvalue weighted by Crippen LogP contribution is -2.32. The van der Waals surface area contributed by atoms with E-state index in [1.807, 2.05) is 0 Å². The number of carbonyl (C=O) groups is 2. The Morgan fingerprint density at radius 3 is 2.18 bits per heavy atom. The normalized spacial score (nSPS) is 14.9. The summed E-state index contributed by atoms with van der Waals surface area (Å²) < 4.78 is 4.85. The van der Waals surface area contributed by atoms with Crippen LogP contribution in [0.5, 0.6) is 0 Å². The number of esters is 1. The molecule has 0 saturated carbocycles. The number of hydrogen-bond donors (Lipinski definition) is 2. The molecular formula is C17H30O5. The first-order valence-corrected chi connectivity index (χ1v) is 8.07. The molecule has 3 atom stereocenters. The molecule has 0 bridgehead atoms. The van der Waals surface area contributed by atoms with E-state index >= 15 is 0 Å². The van der Waals surface area contributed by atoms with Crippen molar-refractivity contribution >= 4 is 11.9 Å². The highest BCUT2D eigenvalue weighted by molar-refractivity contribution is 5.71. The van der Waals surface area contributed by atoms with Gasteiger partial charge in [-0.3, -0.25) is 9.59 Å². The van der Waals surface area contributed by atoms with Gasteiger partial charge in [0.05, 0.1) is 18.6 Å². The molecule has 3 unspecified atom stereocenters. The maximum absolute atomic E-state index is 11.2. The van der Waals surface area contributed by atoms with E-state index < -0.39 is 18.0 Å². The summed E-state index contributed by atoms with van der Waals surface area (Å²) in [6, 6.07) is 0. The van der Waals surface area contributed by atoms with Crippen LogP contribution in [0.4, 0.5) is 0 Å². The second-order valence-electron chi connectivity index (χ2n) is 5.78. The van der Waals surface area contributed by atoms with Gasteiger partial charge in [-0.15, -0.1) is 6.58 Å². The fraction of sp³-hybridized carbons (Fsp3) is 0.765. The summed E-state index contributed by atoms with van der Waals surface area (Å²) in [5.74, 6) is -2.23. The van der Waals surface area contributed by atoms with Gasteiger partial charge in [-0.2, -0.15) is 0 Å². The molecule has 2 N–H and O–H groups in total. The minimum absolute atomic E-state index is 0.240. The molecule has 5 heteroatoms. The van der Waals surface area contributed by atoms with Gasteiger partial charge in [0.1, 0.15) is 0 Å². The first-order chi connectivity index (χ1) is 10.4. The zero-order valence-electron chi connectivity index (χ0n) is 13.8. The summed E-state index contributed by atoms with van der Waals surface area (Å²) in [4.78, 5) is 21.7. The van der Waals surface area contributed by atoms with Crippen molar-refractivity contribution < 1.29 is 24.5 Å². The lowest BCUT2D eigenvalue weighted by Gasteiger charge is -2.22. The molecule has 0 aliphatic heterocycles. The van der Waals surface area contributed by atoms with Crippen LogP contribution in [0.15, 0.2) is 12.7 Å². The number of unbranched alkanes of at least 4 members (excludes halogenated alkanes) is 5. The molecule has 0 radical (unpaired) electrons. The Morgan fingerprint density at radius 1 is 1.14 bits per heavy atom. The zero-order valence-corrected chi connectivity index (χ0v) is 13.8. The van der Waals surface area contributed by atoms with Crippen molar-refractivity contribution in [3.63, 3.8) is 0 Å². The summed E-state index contributed by atoms with van der Waals surface area (Å²) in [6.45, 7) is 7.24. The first kappa shape index (κ1) is 20.6. The van der Waals surface area contributed by atoms with Gasteiger partial charge < -0.3 is 14.9 Å². The second-order valence-corrected chi connectivity index (χ2v) is 5.78. The SMILES string of the molecule is C=CC(C)C(C(=O)O)C(O)CCCCCCCCOC(C)=O. The average Bonchev–Trinajstić information content (AvgIpc) is 2.44. The number of carboxylic acid groups (broad SMARTS) is 1. The van der Waals surface area contributed by atoms with Gasteiger partial charge in [0, 0.05) is 6.92 Å². The summed E-state index contributed by atoms with van der Waals surface area (Å²) >= 11 is 0. The summed E-state index contributed by atoms with van der Waals surface area (Å²) in [5.41, 5.74) is 0. The first-order valence-electron chi connectivity index (χ1n) is 8.07. The predicted molar refractivity (Wildman–Crippen MR) is 85.4 cm³/mol. The van der Waals surface area contributed by atoms with Crippen molar-refractivity contribution in [2.24, 2.45) is 11.8 Å². The van der Waals surface area contributed by atoms with E-state index in [1.165, 1.54) is 6.92 Å². The van der Waals surface area contributed by atoms with Gasteiger partial charge in [-0.05, 0) is 18.8 Å². The zero-order chi connectivity index (χ0) is 17.0. The number of aliphatic carboxylic acids is 1. The number of carboxylic acids is 1. The fourth-order valence-electron chi connectivity index (χ4n) is 2.44. The summed E-state index contributed by atoms with van der Waals surface area (Å²) in [5, 5.41) is 19.2. The predicted octanol–water partition coefficient (Wildman–Crippen LogP) is 3.16. The van der Waals surface area contributed by atoms with Gasteiger partial charge in [0.2, 0.25) is 0 Å². The Kier molecular flexibility index (Phi) is 11.5. The van der Waals surface area contributed by atoms with Crippen molar-refractivity contribution in [3.8, 4) is 0 Å². The number of hydrogen-bond acceptors (Lipinski definition) is 4. The van der Waals surface area contributed by atoms with E-state index in [4.69, 9.17) is 9.84 Å². The topological polar surface area (TPSA) is 83.8 Å². The van der Waals surface area contributed by atoms with Crippen LogP contribution in [0.1, 0.15) is 58.8 Å². The van der Waals surface area contributed by atoms with Crippen LogP contribution in [0.2, 0.25) is 0 Å². The minimum Gasteiger partial charge on any atom is -0.481 e. The second kappa shape index (κ2) is 12.2. The molecular weight excluding hydrogens is 284 g/mol. The molecule has 0 aromatic carbocycles. The van der Waals surface area contributed by atoms with Crippen molar-refractivity contribution in [1.82, 2.24) is 0 Å². The quantitative estimate of drug-likeness (QED) is 0.310. The van der Waals surface area contributed by atoms with E-state index in [9.17, 15) is 14.7 Å². The number of ether oxygens (including phenoxy) is 1. The monoisotopic (exact) mass is 314 g/mol. The highest BCUT2D eigenvalue weighted by Gasteiger charge is 2.29. The van der Waals surface area contributed by atoms with Crippen LogP contribution < -0.4 is 0 Å². The number of rotatable bonds is 13. The van der Waals surface area contributed by atoms with E-state index in [2.05, 4.69) is 6.58 Å². The maximum Gasteiger partial charge on any atom is 0.309 e. The van der Waals surface area contributed by atoms with Crippen LogP contribution in [0.3, 0.4) is 0 Å². The van der Waals surface area contributed by atoms with Crippen LogP contribution in [0, 0.1) is 11.8 Å². The van der Waals surface area contributed by atoms with Gasteiger partial charge in [0.25, 0.3) is 0 Å². The van der Waals surface area contributed by atoms with E-state index in [0.717, 1.165) is 38.5 Å². The number of carbonyl (C=O) groups excluding carboxylic acids is 1. The molecule has 0 aliphatic rings. The molecule has 0 aromatic heterocycles. The number of aliphatic hydroxyl groups excluding tert-OH is 1. The Labute approximate surface area is 133 Å². The number of allylic oxidation sites excluding steroid dienone is 1. The van der Waals surface area contributed by atoms with Crippen LogP contribution in [0.25, 0.3) is 0 Å². The minimum atomic E-state index is -0.967. The Balaban J connectivity index is 3.70. The van der Waals surface area contributed by atoms with Gasteiger partial charge in [-0.25, -0.2) is 0 Å². The van der Waals surface area contributed by atoms with Crippen LogP contribution in [-0.4, -0.2) is 34.9 Å². The molecule has 0 amide bonds. The molecule has 0 rings (SSSR count). The molecule has 0 saturated heterocycles. The van der Waals surface area contributed by atoms with E-state index in [-0.39, 0.29) is 11.9 Å². The molecule has 22 heavy (non-hydrogen) atoms. The van der Waals surface area contributed by atoms with E-state index in [0.29, 0.717) is 13.0 Å². The molecule has 0 aliphatic carbocycles. The summed E-state index contributed by atoms with van der Waals surface area (Å²) in [7, 11) is 0. The van der Waals surface area contributed by atoms with Gasteiger partial charge >= 0.3 is 11.9 Å². The van der Waals surface area contributed by atoms with Crippen molar-refractivity contribution in [3.05, 3.63) is 12.7 Å². The van der Waals surface area contributed by atoms with E-state index in [1.54, 1.807) is 13.0 Å². The third kappa shape index (κ3) is 9.55. The Bertz CT molecular complexity index is 340. The molecule has 5 nitrogen and oxygen atoms in total. The molecule has 0 spiro atoms. The highest BCUT2D eigenvalue weighted by atomic mass is 16.5. The summed E-state index contributed by atoms with van der Waals surface area (Å²) in [6.07, 6.45) is 7.03. The smallest absolute Gasteiger partial charge is 0.309 e. The number of aliphatic hydroxyl groups is 1. The lowest BCUT2D eigenvalue weighted by atomic mass is 9.86. The fourth-order valence-corrected chi connectivity index (χ4v) is 2.44. The lowest BCUT2D eigenvalue weighted by molar-refractivity contribution is -0.147. The van der Waals surface area contributed by atoms with Crippen molar-refractivity contribution in [1.29, 1.82) is 0 Å². The molecule has 128 valence electrons. The van der Waals surface area contributed by atoms with Crippen LogP contribution in [-0.2, 0) is 14.3 Å². The Morgan fingerprint density at radius 2 is 1.68 bits per heavy atom. The highest BCUT2D eigenvalue weighted by Crippen LogP contribution is 2.21. The maximum atomic E-state index is 11.2. The third-order valence-electron chi connectivity index (χ3n) is 3.84. The third-order valence-corrected chi connectivity index (χ3v) is 3.84. The largest absolute Gasteiger partial charge is 0.481 e. The van der Waals surface area contributed by atoms with Gasteiger partial charge in [0.15, 0.2) is 0 Å². The molecule has 0 heterocycles. The van der Waals surface area contributed by atoms with Crippen molar-refractivity contribution in [2.75, 3.05) is 6.61 Å². The standard InChI is InChI=1S/C17H30O5/c1-4-13(2)16(17(20)21)15(19)11-9-7-5-6-8-10-12-22-14(3)18/h4,13,15-16,19H,1,5-12H2,2-3H3,(H,20,21).